The molecule has 0 aliphatic rings. The number of hydrogen-bond acceptors (Lipinski definition) is 1. The van der Waals surface area contributed by atoms with Crippen LogP contribution in [0.4, 0.5) is 0 Å². The number of allylic oxidation sites excluding steroid dienone is 1. The monoisotopic (exact) mass is 307 g/mol. The molecule has 0 saturated heterocycles. The Morgan fingerprint density at radius 3 is 2.59 bits per heavy atom. The highest BCUT2D eigenvalue weighted by Crippen LogP contribution is 2.16. The number of nitrogens with one attached hydrogen (secondary N) is 1. The summed E-state index contributed by atoms with van der Waals surface area (Å²) in [5, 5.41) is 4.08. The van der Waals surface area contributed by atoms with Crippen LogP contribution >= 0.6 is 11.6 Å². The number of aromatic nitrogens is 1. The van der Waals surface area contributed by atoms with Crippen LogP contribution < -0.4 is 16.0 Å². The number of fused-ring (bicyclic) bond motifs is 1. The normalized spacial score (nSPS) is 12.8. The predicted molar refractivity (Wildman–Crippen MR) is 93.5 cm³/mol. The highest BCUT2D eigenvalue weighted by atomic mass is 35.5. The lowest BCUT2D eigenvalue weighted by molar-refractivity contribution is 1.24. The summed E-state index contributed by atoms with van der Waals surface area (Å²) >= 11 is 5.94. The topological polar surface area (TPSA) is 32.9 Å². The second-order valence-corrected chi connectivity index (χ2v) is 5.40. The van der Waals surface area contributed by atoms with E-state index >= 15 is 0 Å². The van der Waals surface area contributed by atoms with Gasteiger partial charge in [-0.2, -0.15) is 0 Å². The lowest BCUT2D eigenvalue weighted by Crippen LogP contribution is -2.24. The Morgan fingerprint density at radius 2 is 1.82 bits per heavy atom. The van der Waals surface area contributed by atoms with Crippen molar-refractivity contribution in [3.63, 3.8) is 0 Å². The van der Waals surface area contributed by atoms with Crippen molar-refractivity contribution in [3.8, 4) is 0 Å². The van der Waals surface area contributed by atoms with Gasteiger partial charge in [-0.25, -0.2) is 0 Å². The minimum Gasteiger partial charge on any atom is -0.322 e. The van der Waals surface area contributed by atoms with E-state index in [1.807, 2.05) is 48.6 Å². The molecule has 0 atom stereocenters. The standard InChI is InChI=1S/C19H14ClNO/c1-2-5-13-6-3-4-7-14(13)10-17-11-15-8-9-16(20)12-18(15)19(22)21-17/h2-12H,1H2,(H,21,22)/b13-5-,14-10+. The van der Waals surface area contributed by atoms with Crippen LogP contribution in [0, 0.1) is 0 Å². The molecule has 0 saturated carbocycles. The fourth-order valence-corrected chi connectivity index (χ4v) is 2.59. The van der Waals surface area contributed by atoms with E-state index in [0.717, 1.165) is 21.5 Å². The summed E-state index contributed by atoms with van der Waals surface area (Å²) < 4.78 is 0. The van der Waals surface area contributed by atoms with Gasteiger partial charge in [-0.1, -0.05) is 60.7 Å². The number of hydrogen-bond donors (Lipinski definition) is 1. The Morgan fingerprint density at radius 1 is 1.05 bits per heavy atom. The Bertz CT molecular complexity index is 1030. The Kier molecular flexibility index (Phi) is 3.94. The highest BCUT2D eigenvalue weighted by molar-refractivity contribution is 6.31. The van der Waals surface area contributed by atoms with Gasteiger partial charge in [0.25, 0.3) is 5.56 Å². The van der Waals surface area contributed by atoms with Crippen LogP contribution in [0.3, 0.4) is 0 Å². The summed E-state index contributed by atoms with van der Waals surface area (Å²) in [5.41, 5.74) is 0.612. The van der Waals surface area contributed by atoms with E-state index in [-0.39, 0.29) is 5.56 Å². The van der Waals surface area contributed by atoms with Crippen LogP contribution in [0.5, 0.6) is 0 Å². The van der Waals surface area contributed by atoms with Crippen LogP contribution in [0.2, 0.25) is 5.02 Å². The molecule has 0 amide bonds. The van der Waals surface area contributed by atoms with Gasteiger partial charge < -0.3 is 4.98 Å². The number of halogens is 1. The van der Waals surface area contributed by atoms with Crippen molar-refractivity contribution in [1.29, 1.82) is 0 Å². The molecular weight excluding hydrogens is 294 g/mol. The molecule has 2 nitrogen and oxygen atoms in total. The molecule has 0 aliphatic heterocycles. The summed E-state index contributed by atoms with van der Waals surface area (Å²) in [6, 6.07) is 15.2. The second-order valence-electron chi connectivity index (χ2n) is 4.96. The number of benzene rings is 2. The van der Waals surface area contributed by atoms with Gasteiger partial charge in [0.15, 0.2) is 0 Å². The highest BCUT2D eigenvalue weighted by Gasteiger charge is 2.01. The number of pyridine rings is 1. The van der Waals surface area contributed by atoms with Crippen molar-refractivity contribution in [3.05, 3.63) is 92.7 Å². The van der Waals surface area contributed by atoms with E-state index in [4.69, 9.17) is 11.6 Å². The fraction of sp³-hybridized carbons (Fsp3) is 0. The first-order valence-corrected chi connectivity index (χ1v) is 7.27. The van der Waals surface area contributed by atoms with E-state index in [2.05, 4.69) is 11.6 Å². The van der Waals surface area contributed by atoms with Gasteiger partial charge in [0, 0.05) is 16.1 Å². The van der Waals surface area contributed by atoms with Crippen LogP contribution in [0.1, 0.15) is 5.69 Å². The van der Waals surface area contributed by atoms with E-state index in [0.29, 0.717) is 10.4 Å². The minimum atomic E-state index is -0.142. The quantitative estimate of drug-likeness (QED) is 0.776. The van der Waals surface area contributed by atoms with Crippen LogP contribution in [-0.2, 0) is 0 Å². The first kappa shape index (κ1) is 14.4. The van der Waals surface area contributed by atoms with Crippen molar-refractivity contribution in [2.24, 2.45) is 0 Å². The first-order chi connectivity index (χ1) is 10.7. The van der Waals surface area contributed by atoms with E-state index < -0.39 is 0 Å². The third-order valence-electron chi connectivity index (χ3n) is 3.43. The maximum atomic E-state index is 12.2. The Hall–Kier alpha value is -2.58. The van der Waals surface area contributed by atoms with Gasteiger partial charge in [-0.05, 0) is 40.1 Å². The molecule has 0 spiro atoms. The molecule has 1 heterocycles. The summed E-state index contributed by atoms with van der Waals surface area (Å²) in [5.74, 6) is 0. The molecule has 3 aromatic rings. The van der Waals surface area contributed by atoms with Gasteiger partial charge in [0.2, 0.25) is 0 Å². The predicted octanol–water partition coefficient (Wildman–Crippen LogP) is 2.98. The SMILES string of the molecule is C=C/C=c1/cccc/c1=C\c1cc2ccc(Cl)cc2c(=O)[nH]1. The maximum Gasteiger partial charge on any atom is 0.256 e. The third kappa shape index (κ3) is 2.87. The van der Waals surface area contributed by atoms with E-state index in [9.17, 15) is 4.79 Å². The smallest absolute Gasteiger partial charge is 0.256 e. The summed E-state index contributed by atoms with van der Waals surface area (Å²) in [6.45, 7) is 3.73. The summed E-state index contributed by atoms with van der Waals surface area (Å²) in [4.78, 5) is 15.1. The van der Waals surface area contributed by atoms with Crippen molar-refractivity contribution in [1.82, 2.24) is 4.98 Å². The summed E-state index contributed by atoms with van der Waals surface area (Å²) in [6.07, 6.45) is 5.63. The third-order valence-corrected chi connectivity index (χ3v) is 3.67. The molecular formula is C19H14ClNO. The van der Waals surface area contributed by atoms with Crippen molar-refractivity contribution in [2.45, 2.75) is 0 Å². The largest absolute Gasteiger partial charge is 0.322 e. The zero-order valence-corrected chi connectivity index (χ0v) is 12.6. The van der Waals surface area contributed by atoms with Crippen LogP contribution in [0.15, 0.2) is 66.0 Å². The average molecular weight is 308 g/mol. The molecule has 0 aliphatic carbocycles. The minimum absolute atomic E-state index is 0.142. The molecule has 0 bridgehead atoms. The zero-order valence-electron chi connectivity index (χ0n) is 11.8. The van der Waals surface area contributed by atoms with E-state index in [1.54, 1.807) is 18.2 Å². The van der Waals surface area contributed by atoms with Crippen LogP contribution in [-0.4, -0.2) is 4.98 Å². The molecule has 3 heteroatoms. The molecule has 0 unspecified atom stereocenters. The average Bonchev–Trinajstić information content (AvgIpc) is 2.50. The Labute approximate surface area is 132 Å². The second kappa shape index (κ2) is 6.04. The van der Waals surface area contributed by atoms with E-state index in [1.165, 1.54) is 0 Å². The van der Waals surface area contributed by atoms with Gasteiger partial charge in [-0.3, -0.25) is 4.79 Å². The number of aromatic amines is 1. The summed E-state index contributed by atoms with van der Waals surface area (Å²) in [7, 11) is 0. The molecule has 0 fully saturated rings. The number of H-pyrrole nitrogens is 1. The Balaban J connectivity index is 2.27. The van der Waals surface area contributed by atoms with Gasteiger partial charge >= 0.3 is 0 Å². The molecule has 2 aromatic carbocycles. The molecule has 1 aromatic heterocycles. The van der Waals surface area contributed by atoms with Gasteiger partial charge in [0.1, 0.15) is 0 Å². The van der Waals surface area contributed by atoms with Crippen molar-refractivity contribution in [2.75, 3.05) is 0 Å². The molecule has 22 heavy (non-hydrogen) atoms. The zero-order chi connectivity index (χ0) is 15.5. The van der Waals surface area contributed by atoms with Gasteiger partial charge in [-0.15, -0.1) is 0 Å². The van der Waals surface area contributed by atoms with Crippen LogP contribution in [0.25, 0.3) is 22.9 Å². The molecule has 3 rings (SSSR count). The molecule has 1 N–H and O–H groups in total. The molecule has 108 valence electrons. The van der Waals surface area contributed by atoms with Crippen molar-refractivity contribution >= 4 is 34.5 Å². The maximum absolute atomic E-state index is 12.2. The lowest BCUT2D eigenvalue weighted by atomic mass is 10.1. The van der Waals surface area contributed by atoms with Gasteiger partial charge in [0.05, 0.1) is 0 Å². The van der Waals surface area contributed by atoms with Crippen molar-refractivity contribution < 1.29 is 0 Å². The number of rotatable bonds is 2. The fourth-order valence-electron chi connectivity index (χ4n) is 2.42. The molecule has 0 radical (unpaired) electrons. The first-order valence-electron chi connectivity index (χ1n) is 6.89. The lowest BCUT2D eigenvalue weighted by Gasteiger charge is -2.00.